The van der Waals surface area contributed by atoms with Crippen LogP contribution >= 0.6 is 23.1 Å². The molecule has 1 unspecified atom stereocenters. The van der Waals surface area contributed by atoms with Crippen LogP contribution in [0.25, 0.3) is 0 Å². The van der Waals surface area contributed by atoms with Crippen molar-refractivity contribution in [3.63, 3.8) is 0 Å². The molecule has 0 bridgehead atoms. The Kier molecular flexibility index (Phi) is 6.77. The SMILES string of the molecule is COc1ccc(NC(=O)C2CSCN2C(=O)c2ccc(NC(=O)c3cccs3)cc2)cc1. The van der Waals surface area contributed by atoms with Gasteiger partial charge in [-0.3, -0.25) is 14.4 Å². The quantitative estimate of drug-likeness (QED) is 0.568. The number of rotatable bonds is 6. The highest BCUT2D eigenvalue weighted by Crippen LogP contribution is 2.25. The summed E-state index contributed by atoms with van der Waals surface area (Å²) in [5.41, 5.74) is 1.71. The Labute approximate surface area is 193 Å². The van der Waals surface area contributed by atoms with Crippen molar-refractivity contribution in [2.75, 3.05) is 29.4 Å². The molecule has 1 aliphatic rings. The molecule has 1 aromatic heterocycles. The number of thioether (sulfide) groups is 1. The molecule has 0 aliphatic carbocycles. The number of carbonyl (C=O) groups excluding carboxylic acids is 3. The van der Waals surface area contributed by atoms with E-state index in [1.807, 2.05) is 11.4 Å². The fraction of sp³-hybridized carbons (Fsp3) is 0.174. The first-order chi connectivity index (χ1) is 15.5. The first-order valence-electron chi connectivity index (χ1n) is 9.83. The van der Waals surface area contributed by atoms with Crippen molar-refractivity contribution in [3.05, 3.63) is 76.5 Å². The summed E-state index contributed by atoms with van der Waals surface area (Å²) in [5.74, 6) is 1.03. The van der Waals surface area contributed by atoms with E-state index in [0.717, 1.165) is 0 Å². The highest BCUT2D eigenvalue weighted by molar-refractivity contribution is 7.99. The molecule has 1 atom stereocenters. The number of nitrogens with one attached hydrogen (secondary N) is 2. The maximum absolute atomic E-state index is 13.0. The zero-order valence-corrected chi connectivity index (χ0v) is 18.9. The summed E-state index contributed by atoms with van der Waals surface area (Å²) in [6.45, 7) is 0. The van der Waals surface area contributed by atoms with Gasteiger partial charge in [0.2, 0.25) is 5.91 Å². The summed E-state index contributed by atoms with van der Waals surface area (Å²) in [6, 6.07) is 16.7. The van der Waals surface area contributed by atoms with Gasteiger partial charge in [0.25, 0.3) is 11.8 Å². The van der Waals surface area contributed by atoms with Gasteiger partial charge >= 0.3 is 0 Å². The molecular weight excluding hydrogens is 446 g/mol. The van der Waals surface area contributed by atoms with E-state index in [0.29, 0.717) is 39.2 Å². The minimum absolute atomic E-state index is 0.190. The van der Waals surface area contributed by atoms with Gasteiger partial charge in [0, 0.05) is 22.7 Å². The highest BCUT2D eigenvalue weighted by atomic mass is 32.2. The fourth-order valence-electron chi connectivity index (χ4n) is 3.22. The average molecular weight is 468 g/mol. The topological polar surface area (TPSA) is 87.7 Å². The molecule has 2 heterocycles. The Bertz CT molecular complexity index is 1100. The smallest absolute Gasteiger partial charge is 0.265 e. The molecule has 7 nitrogen and oxygen atoms in total. The summed E-state index contributed by atoms with van der Waals surface area (Å²) in [5, 5.41) is 7.52. The first kappa shape index (κ1) is 21.9. The number of thiophene rings is 1. The number of carbonyl (C=O) groups is 3. The van der Waals surface area contributed by atoms with Gasteiger partial charge in [-0.05, 0) is 60.0 Å². The molecule has 4 rings (SSSR count). The summed E-state index contributed by atoms with van der Waals surface area (Å²) < 4.78 is 5.13. The van der Waals surface area contributed by atoms with Gasteiger partial charge in [0.05, 0.1) is 17.9 Å². The summed E-state index contributed by atoms with van der Waals surface area (Å²) in [6.07, 6.45) is 0. The number of nitrogens with zero attached hydrogens (tertiary/aromatic N) is 1. The molecule has 32 heavy (non-hydrogen) atoms. The van der Waals surface area contributed by atoms with Gasteiger partial charge in [-0.2, -0.15) is 0 Å². The lowest BCUT2D eigenvalue weighted by atomic mass is 10.1. The molecule has 1 aliphatic heterocycles. The first-order valence-corrected chi connectivity index (χ1v) is 11.9. The van der Waals surface area contributed by atoms with Crippen molar-refractivity contribution in [2.45, 2.75) is 6.04 Å². The van der Waals surface area contributed by atoms with E-state index in [9.17, 15) is 14.4 Å². The molecule has 2 N–H and O–H groups in total. The van der Waals surface area contributed by atoms with Crippen LogP contribution < -0.4 is 15.4 Å². The molecule has 0 saturated carbocycles. The lowest BCUT2D eigenvalue weighted by Gasteiger charge is -2.23. The Morgan fingerprint density at radius 2 is 1.66 bits per heavy atom. The molecule has 2 aromatic carbocycles. The molecule has 164 valence electrons. The number of hydrogen-bond donors (Lipinski definition) is 2. The van der Waals surface area contributed by atoms with Crippen LogP contribution in [0.4, 0.5) is 11.4 Å². The van der Waals surface area contributed by atoms with Crippen molar-refractivity contribution < 1.29 is 19.1 Å². The zero-order chi connectivity index (χ0) is 22.5. The molecule has 3 aromatic rings. The lowest BCUT2D eigenvalue weighted by Crippen LogP contribution is -2.44. The van der Waals surface area contributed by atoms with Crippen LogP contribution in [0, 0.1) is 0 Å². The number of hydrogen-bond acceptors (Lipinski definition) is 6. The van der Waals surface area contributed by atoms with Crippen LogP contribution in [0.15, 0.2) is 66.0 Å². The fourth-order valence-corrected chi connectivity index (χ4v) is 5.00. The number of methoxy groups -OCH3 is 1. The molecule has 0 radical (unpaired) electrons. The Balaban J connectivity index is 1.40. The number of ether oxygens (including phenoxy) is 1. The van der Waals surface area contributed by atoms with Gasteiger partial charge in [-0.25, -0.2) is 0 Å². The van der Waals surface area contributed by atoms with E-state index in [2.05, 4.69) is 10.6 Å². The van der Waals surface area contributed by atoms with Gasteiger partial charge in [-0.15, -0.1) is 23.1 Å². The molecule has 9 heteroatoms. The van der Waals surface area contributed by atoms with Crippen molar-refractivity contribution in [1.82, 2.24) is 4.90 Å². The third-order valence-corrected chi connectivity index (χ3v) is 6.82. The number of anilines is 2. The monoisotopic (exact) mass is 467 g/mol. The Hall–Kier alpha value is -3.30. The molecular formula is C23H21N3O4S2. The Morgan fingerprint density at radius 1 is 0.969 bits per heavy atom. The molecule has 3 amide bonds. The number of benzene rings is 2. The van der Waals surface area contributed by atoms with Gasteiger partial charge in [-0.1, -0.05) is 6.07 Å². The van der Waals surface area contributed by atoms with E-state index in [-0.39, 0.29) is 17.7 Å². The normalized spacial score (nSPS) is 15.3. The maximum atomic E-state index is 13.0. The predicted molar refractivity (Wildman–Crippen MR) is 128 cm³/mol. The van der Waals surface area contributed by atoms with Crippen LogP contribution in [0.5, 0.6) is 5.75 Å². The minimum atomic E-state index is -0.562. The van der Waals surface area contributed by atoms with Gasteiger partial charge in [0.1, 0.15) is 11.8 Å². The van der Waals surface area contributed by atoms with Crippen LogP contribution in [-0.4, -0.2) is 47.4 Å². The second kappa shape index (κ2) is 9.88. The van der Waals surface area contributed by atoms with Crippen LogP contribution in [-0.2, 0) is 4.79 Å². The standard InChI is InChI=1S/C23H21N3O4S2/c1-30-18-10-8-17(9-11-18)24-21(27)19-13-31-14-26(19)23(29)15-4-6-16(7-5-15)25-22(28)20-3-2-12-32-20/h2-12,19H,13-14H2,1H3,(H,24,27)(H,25,28). The average Bonchev–Trinajstić information content (AvgIpc) is 3.52. The maximum Gasteiger partial charge on any atom is 0.265 e. The van der Waals surface area contributed by atoms with Crippen molar-refractivity contribution in [2.24, 2.45) is 0 Å². The summed E-state index contributed by atoms with van der Waals surface area (Å²) in [7, 11) is 1.58. The second-order valence-corrected chi connectivity index (χ2v) is 8.96. The largest absolute Gasteiger partial charge is 0.497 e. The van der Waals surface area contributed by atoms with Gasteiger partial charge < -0.3 is 20.3 Å². The van der Waals surface area contributed by atoms with Crippen LogP contribution in [0.2, 0.25) is 0 Å². The van der Waals surface area contributed by atoms with E-state index in [4.69, 9.17) is 4.74 Å². The van der Waals surface area contributed by atoms with Crippen molar-refractivity contribution in [3.8, 4) is 5.75 Å². The third kappa shape index (κ3) is 4.95. The van der Waals surface area contributed by atoms with Crippen LogP contribution in [0.3, 0.4) is 0 Å². The zero-order valence-electron chi connectivity index (χ0n) is 17.2. The third-order valence-electron chi connectivity index (χ3n) is 4.94. The molecule has 1 fully saturated rings. The second-order valence-electron chi connectivity index (χ2n) is 7.02. The summed E-state index contributed by atoms with van der Waals surface area (Å²) in [4.78, 5) is 40.2. The molecule has 1 saturated heterocycles. The van der Waals surface area contributed by atoms with Crippen molar-refractivity contribution in [1.29, 1.82) is 0 Å². The number of amides is 3. The van der Waals surface area contributed by atoms with E-state index in [1.54, 1.807) is 66.6 Å². The highest BCUT2D eigenvalue weighted by Gasteiger charge is 2.35. The molecule has 0 spiro atoms. The Morgan fingerprint density at radius 3 is 2.31 bits per heavy atom. The van der Waals surface area contributed by atoms with Crippen molar-refractivity contribution >= 4 is 52.2 Å². The van der Waals surface area contributed by atoms with E-state index < -0.39 is 6.04 Å². The van der Waals surface area contributed by atoms with E-state index >= 15 is 0 Å². The predicted octanol–water partition coefficient (Wildman–Crippen LogP) is 4.16. The minimum Gasteiger partial charge on any atom is -0.497 e. The summed E-state index contributed by atoms with van der Waals surface area (Å²) >= 11 is 2.90. The van der Waals surface area contributed by atoms with Crippen LogP contribution in [0.1, 0.15) is 20.0 Å². The van der Waals surface area contributed by atoms with E-state index in [1.165, 1.54) is 23.1 Å². The lowest BCUT2D eigenvalue weighted by molar-refractivity contribution is -0.119. The van der Waals surface area contributed by atoms with Gasteiger partial charge in [0.15, 0.2) is 0 Å².